The van der Waals surface area contributed by atoms with Crippen LogP contribution in [-0.2, 0) is 5.16 Å². The topological polar surface area (TPSA) is 17.8 Å². The molecule has 0 aliphatic heterocycles. The molecule has 0 saturated heterocycles. The molecule has 5 aromatic rings. The molecule has 1 aromatic heterocycles. The van der Waals surface area contributed by atoms with Gasteiger partial charge in [0.05, 0.1) is 21.0 Å². The number of nitrogens with zero attached hydrogens (tertiary/aromatic N) is 2. The Hall–Kier alpha value is -3.63. The minimum Gasteiger partial charge on any atom is -0.327 e. The molecule has 0 atom stereocenters. The van der Waals surface area contributed by atoms with E-state index in [1.807, 2.05) is 12.5 Å². The summed E-state index contributed by atoms with van der Waals surface area (Å²) in [5.74, 6) is 0.484. The van der Waals surface area contributed by atoms with Crippen LogP contribution >= 0.6 is 0 Å². The predicted octanol–water partition coefficient (Wildman–Crippen LogP) is 6.43. The highest BCUT2D eigenvalue weighted by Crippen LogP contribution is 2.34. The molecule has 0 aliphatic carbocycles. The summed E-state index contributed by atoms with van der Waals surface area (Å²) in [6, 6.07) is 44.4. The van der Waals surface area contributed by atoms with Crippen LogP contribution in [0.1, 0.15) is 47.8 Å². The predicted molar refractivity (Wildman–Crippen MR) is 163 cm³/mol. The van der Waals surface area contributed by atoms with Crippen LogP contribution in [0.4, 0.5) is 0 Å². The maximum atomic E-state index is 4.35. The summed E-state index contributed by atoms with van der Waals surface area (Å²) in [5, 5.41) is -0.0474. The lowest BCUT2D eigenvalue weighted by Gasteiger charge is -2.37. The third-order valence-corrected chi connectivity index (χ3v) is 9.95. The Morgan fingerprint density at radius 3 is 1.59 bits per heavy atom. The van der Waals surface area contributed by atoms with E-state index in [9.17, 15) is 0 Å². The first-order chi connectivity index (χ1) is 18.3. The van der Waals surface area contributed by atoms with Gasteiger partial charge >= 0.3 is 0 Å². The molecule has 0 amide bonds. The normalized spacial score (nSPS) is 11.4. The fourth-order valence-electron chi connectivity index (χ4n) is 5.10. The molecule has 0 radical (unpaired) electrons. The van der Waals surface area contributed by atoms with E-state index in [2.05, 4.69) is 152 Å². The zero-order valence-electron chi connectivity index (χ0n) is 22.1. The third-order valence-electron chi connectivity index (χ3n) is 7.19. The van der Waals surface area contributed by atoms with Crippen molar-refractivity contribution in [1.29, 1.82) is 0 Å². The highest BCUT2D eigenvalue weighted by molar-refractivity contribution is 6.41. The van der Waals surface area contributed by atoms with Crippen LogP contribution in [0.5, 0.6) is 0 Å². The van der Waals surface area contributed by atoms with Crippen LogP contribution in [-0.4, -0.2) is 26.9 Å². The van der Waals surface area contributed by atoms with E-state index < -0.39 is 9.52 Å². The molecule has 0 unspecified atom stereocenters. The maximum Gasteiger partial charge on any atom is 0.116 e. The number of benzene rings is 4. The third kappa shape index (κ3) is 6.58. The Labute approximate surface area is 225 Å². The summed E-state index contributed by atoms with van der Waals surface area (Å²) in [6.07, 6.45) is 8.58. The fraction of sp³-hybridized carbons (Fsp3) is 0.182. The highest BCUT2D eigenvalue weighted by atomic mass is 28.2. The molecule has 0 fully saturated rings. The average Bonchev–Trinajstić information content (AvgIpc) is 3.53. The average molecular weight is 501 g/mol. The molecule has 0 bridgehead atoms. The Kier molecular flexibility index (Phi) is 9.73. The zero-order valence-corrected chi connectivity index (χ0v) is 23.5. The van der Waals surface area contributed by atoms with Gasteiger partial charge in [0.1, 0.15) is 7.85 Å². The number of unbranched alkanes of at least 4 members (excludes halogenated alkanes) is 1. The standard InChI is InChI=1S/C20H24N2Si.C13H13B/c1-2-3-16-23-20(22-15-14-21-17-22,18-10-6-4-7-11-18)19-12-8-5-9-13-19;14-13(11-7-3-1-4-8-11)12-9-5-2-6-10-12/h4-15,17H,2-3,16,23H2,1H3;1-10,13H,14H2. The Morgan fingerprint density at radius 2 is 1.19 bits per heavy atom. The molecule has 4 aromatic carbocycles. The molecule has 37 heavy (non-hydrogen) atoms. The van der Waals surface area contributed by atoms with Crippen molar-refractivity contribution in [3.8, 4) is 0 Å². The monoisotopic (exact) mass is 500 g/mol. The summed E-state index contributed by atoms with van der Waals surface area (Å²) in [7, 11) is 1.81. The molecule has 0 aliphatic rings. The first-order valence-corrected chi connectivity index (χ1v) is 15.2. The fourth-order valence-corrected chi connectivity index (χ4v) is 7.86. The molecular formula is C33H37BN2Si. The van der Waals surface area contributed by atoms with Gasteiger partial charge in [-0.2, -0.15) is 0 Å². The van der Waals surface area contributed by atoms with Gasteiger partial charge in [0.2, 0.25) is 0 Å². The van der Waals surface area contributed by atoms with Crippen LogP contribution in [0.15, 0.2) is 140 Å². The smallest absolute Gasteiger partial charge is 0.116 e. The molecule has 186 valence electrons. The zero-order chi connectivity index (χ0) is 25.8. The Bertz CT molecular complexity index is 1200. The lowest BCUT2D eigenvalue weighted by molar-refractivity contribution is 0.588. The van der Waals surface area contributed by atoms with Crippen molar-refractivity contribution < 1.29 is 0 Å². The van der Waals surface area contributed by atoms with E-state index in [-0.39, 0.29) is 5.16 Å². The van der Waals surface area contributed by atoms with Crippen molar-refractivity contribution in [2.24, 2.45) is 0 Å². The molecule has 2 nitrogen and oxygen atoms in total. The van der Waals surface area contributed by atoms with Gasteiger partial charge in [-0.15, -0.1) is 0 Å². The van der Waals surface area contributed by atoms with E-state index >= 15 is 0 Å². The number of imidazole rings is 1. The van der Waals surface area contributed by atoms with Crippen LogP contribution in [0, 0.1) is 0 Å². The summed E-state index contributed by atoms with van der Waals surface area (Å²) < 4.78 is 2.33. The lowest BCUT2D eigenvalue weighted by atomic mass is 9.76. The van der Waals surface area contributed by atoms with Gasteiger partial charge in [0.25, 0.3) is 0 Å². The number of rotatable bonds is 9. The maximum absolute atomic E-state index is 4.35. The van der Waals surface area contributed by atoms with Crippen molar-refractivity contribution >= 4 is 17.4 Å². The minimum absolute atomic E-state index is 0.0474. The van der Waals surface area contributed by atoms with Crippen molar-refractivity contribution in [3.63, 3.8) is 0 Å². The number of aromatic nitrogens is 2. The van der Waals surface area contributed by atoms with E-state index in [4.69, 9.17) is 0 Å². The van der Waals surface area contributed by atoms with Crippen molar-refractivity contribution in [3.05, 3.63) is 162 Å². The highest BCUT2D eigenvalue weighted by Gasteiger charge is 2.35. The van der Waals surface area contributed by atoms with Gasteiger partial charge in [0.15, 0.2) is 0 Å². The van der Waals surface area contributed by atoms with Gasteiger partial charge in [-0.25, -0.2) is 4.98 Å². The molecule has 5 rings (SSSR count). The van der Waals surface area contributed by atoms with E-state index in [0.29, 0.717) is 5.82 Å². The quantitative estimate of drug-likeness (QED) is 0.169. The van der Waals surface area contributed by atoms with E-state index in [0.717, 1.165) is 0 Å². The number of hydrogen-bond donors (Lipinski definition) is 0. The summed E-state index contributed by atoms with van der Waals surface area (Å²) in [4.78, 5) is 4.35. The first kappa shape index (κ1) is 26.4. The SMILES string of the molecule is BC(c1ccccc1)c1ccccc1.CCCC[SiH2]C(c1ccccc1)(c1ccccc1)n1ccnc1. The summed E-state index contributed by atoms with van der Waals surface area (Å²) in [6.45, 7) is 2.28. The molecule has 0 spiro atoms. The van der Waals surface area contributed by atoms with Crippen LogP contribution in [0.3, 0.4) is 0 Å². The van der Waals surface area contributed by atoms with Gasteiger partial charge in [0, 0.05) is 12.4 Å². The molecular weight excluding hydrogens is 463 g/mol. The van der Waals surface area contributed by atoms with Gasteiger partial charge < -0.3 is 4.57 Å². The van der Waals surface area contributed by atoms with Gasteiger partial charge in [-0.3, -0.25) is 0 Å². The first-order valence-electron chi connectivity index (χ1n) is 13.4. The molecule has 4 heteroatoms. The minimum atomic E-state index is -0.435. The van der Waals surface area contributed by atoms with Crippen LogP contribution in [0.2, 0.25) is 6.04 Å². The lowest BCUT2D eigenvalue weighted by Crippen LogP contribution is -2.41. The van der Waals surface area contributed by atoms with Crippen LogP contribution in [0.25, 0.3) is 0 Å². The summed E-state index contributed by atoms with van der Waals surface area (Å²) in [5.41, 5.74) is 5.51. The van der Waals surface area contributed by atoms with Crippen molar-refractivity contribution in [2.45, 2.75) is 36.8 Å². The van der Waals surface area contributed by atoms with Gasteiger partial charge in [-0.05, 0) is 28.1 Å². The second kappa shape index (κ2) is 13.6. The van der Waals surface area contributed by atoms with Crippen molar-refractivity contribution in [1.82, 2.24) is 9.55 Å². The second-order valence-corrected chi connectivity index (χ2v) is 11.8. The largest absolute Gasteiger partial charge is 0.327 e. The van der Waals surface area contributed by atoms with E-state index in [1.54, 1.807) is 0 Å². The molecule has 1 heterocycles. The summed E-state index contributed by atoms with van der Waals surface area (Å²) >= 11 is 0. The Morgan fingerprint density at radius 1 is 0.730 bits per heavy atom. The van der Waals surface area contributed by atoms with Crippen LogP contribution < -0.4 is 0 Å². The molecule has 0 N–H and O–H groups in total. The molecule has 0 saturated carbocycles. The van der Waals surface area contributed by atoms with Gasteiger partial charge in [-0.1, -0.05) is 147 Å². The van der Waals surface area contributed by atoms with Crippen molar-refractivity contribution in [2.75, 3.05) is 0 Å². The number of hydrogen-bond acceptors (Lipinski definition) is 1. The Balaban J connectivity index is 0.000000195. The van der Waals surface area contributed by atoms with E-state index in [1.165, 1.54) is 41.1 Å². The second-order valence-electron chi connectivity index (χ2n) is 9.56.